The average molecular weight is 309 g/mol. The zero-order valence-electron chi connectivity index (χ0n) is 9.77. The molecule has 2 aromatic rings. The van der Waals surface area contributed by atoms with Gasteiger partial charge in [-0.2, -0.15) is 4.98 Å². The van der Waals surface area contributed by atoms with Crippen molar-refractivity contribution in [2.75, 3.05) is 36.9 Å². The lowest BCUT2D eigenvalue weighted by Gasteiger charge is -2.28. The Labute approximate surface area is 113 Å². The van der Waals surface area contributed by atoms with Crippen molar-refractivity contribution in [1.29, 1.82) is 0 Å². The molecule has 1 aromatic carbocycles. The lowest BCUT2D eigenvalue weighted by Crippen LogP contribution is -2.37. The second-order valence-corrected chi connectivity index (χ2v) is 5.08. The van der Waals surface area contributed by atoms with Crippen LogP contribution in [0.2, 0.25) is 0 Å². The van der Waals surface area contributed by atoms with E-state index in [0.29, 0.717) is 5.95 Å². The van der Waals surface area contributed by atoms with Gasteiger partial charge in [0, 0.05) is 22.9 Å². The van der Waals surface area contributed by atoms with Crippen LogP contribution in [0.15, 0.2) is 22.7 Å². The van der Waals surface area contributed by atoms with E-state index >= 15 is 0 Å². The Morgan fingerprint density at radius 3 is 2.78 bits per heavy atom. The minimum Gasteiger partial charge on any atom is -0.378 e. The molecule has 0 spiro atoms. The predicted octanol–water partition coefficient (Wildman–Crippen LogP) is 1.81. The van der Waals surface area contributed by atoms with Gasteiger partial charge in [-0.15, -0.1) is 0 Å². The van der Waals surface area contributed by atoms with Gasteiger partial charge in [0.2, 0.25) is 5.95 Å². The number of morpholine rings is 1. The molecule has 94 valence electrons. The average Bonchev–Trinajstić information content (AvgIpc) is 2.39. The standard InChI is InChI=1S/C12H13BrN4O/c13-8-1-2-10-9(7-8)11(16-12(14)15-10)17-3-5-18-6-4-17/h1-2,7H,3-6H2,(H2,14,15,16). The Morgan fingerprint density at radius 2 is 2.00 bits per heavy atom. The molecule has 2 heterocycles. The molecule has 0 saturated carbocycles. The quantitative estimate of drug-likeness (QED) is 0.870. The van der Waals surface area contributed by atoms with Crippen LogP contribution in [-0.4, -0.2) is 36.3 Å². The van der Waals surface area contributed by atoms with E-state index in [1.54, 1.807) is 0 Å². The summed E-state index contributed by atoms with van der Waals surface area (Å²) in [5, 5.41) is 1.01. The van der Waals surface area contributed by atoms with Gasteiger partial charge in [-0.3, -0.25) is 0 Å². The van der Waals surface area contributed by atoms with E-state index < -0.39 is 0 Å². The Kier molecular flexibility index (Phi) is 3.05. The molecular formula is C12H13BrN4O. The Hall–Kier alpha value is -1.40. The molecule has 6 heteroatoms. The zero-order chi connectivity index (χ0) is 12.5. The number of hydrogen-bond acceptors (Lipinski definition) is 5. The van der Waals surface area contributed by atoms with Gasteiger partial charge in [-0.25, -0.2) is 4.98 Å². The largest absolute Gasteiger partial charge is 0.378 e. The van der Waals surface area contributed by atoms with E-state index in [-0.39, 0.29) is 0 Å². The minimum atomic E-state index is 0.311. The number of aromatic nitrogens is 2. The first kappa shape index (κ1) is 11.7. The van der Waals surface area contributed by atoms with Crippen molar-refractivity contribution in [2.45, 2.75) is 0 Å². The molecule has 0 bridgehead atoms. The highest BCUT2D eigenvalue weighted by Crippen LogP contribution is 2.27. The fourth-order valence-electron chi connectivity index (χ4n) is 2.12. The number of halogens is 1. The normalized spacial score (nSPS) is 16.2. The molecule has 2 N–H and O–H groups in total. The van der Waals surface area contributed by atoms with Crippen molar-refractivity contribution in [3.8, 4) is 0 Å². The summed E-state index contributed by atoms with van der Waals surface area (Å²) in [5.41, 5.74) is 6.65. The predicted molar refractivity (Wildman–Crippen MR) is 74.7 cm³/mol. The summed E-state index contributed by atoms with van der Waals surface area (Å²) in [7, 11) is 0. The summed E-state index contributed by atoms with van der Waals surface area (Å²) in [6.45, 7) is 3.11. The molecule has 0 aliphatic carbocycles. The first-order valence-corrected chi connectivity index (χ1v) is 6.59. The van der Waals surface area contributed by atoms with Crippen molar-refractivity contribution >= 4 is 38.6 Å². The molecule has 1 aromatic heterocycles. The van der Waals surface area contributed by atoms with Gasteiger partial charge in [-0.05, 0) is 18.2 Å². The highest BCUT2D eigenvalue weighted by molar-refractivity contribution is 9.10. The SMILES string of the molecule is Nc1nc(N2CCOCC2)c2cc(Br)ccc2n1. The number of ether oxygens (including phenoxy) is 1. The number of nitrogens with two attached hydrogens (primary N) is 1. The third kappa shape index (κ3) is 2.13. The lowest BCUT2D eigenvalue weighted by molar-refractivity contribution is 0.122. The molecular weight excluding hydrogens is 296 g/mol. The van der Waals surface area contributed by atoms with Gasteiger partial charge in [-0.1, -0.05) is 15.9 Å². The smallest absolute Gasteiger partial charge is 0.222 e. The molecule has 0 amide bonds. The van der Waals surface area contributed by atoms with Crippen molar-refractivity contribution in [2.24, 2.45) is 0 Å². The van der Waals surface area contributed by atoms with Crippen molar-refractivity contribution < 1.29 is 4.74 Å². The summed E-state index contributed by atoms with van der Waals surface area (Å²) >= 11 is 3.48. The molecule has 5 nitrogen and oxygen atoms in total. The fraction of sp³-hybridized carbons (Fsp3) is 0.333. The van der Waals surface area contributed by atoms with Crippen LogP contribution >= 0.6 is 15.9 Å². The zero-order valence-corrected chi connectivity index (χ0v) is 11.4. The van der Waals surface area contributed by atoms with E-state index in [2.05, 4.69) is 30.8 Å². The molecule has 0 unspecified atom stereocenters. The molecule has 1 saturated heterocycles. The topological polar surface area (TPSA) is 64.3 Å². The third-order valence-electron chi connectivity index (χ3n) is 2.97. The van der Waals surface area contributed by atoms with Crippen LogP contribution < -0.4 is 10.6 Å². The molecule has 18 heavy (non-hydrogen) atoms. The van der Waals surface area contributed by atoms with Gasteiger partial charge < -0.3 is 15.4 Å². The van der Waals surface area contributed by atoms with Gasteiger partial charge in [0.05, 0.1) is 18.7 Å². The molecule has 3 rings (SSSR count). The summed E-state index contributed by atoms with van der Waals surface area (Å²) in [6, 6.07) is 5.93. The summed E-state index contributed by atoms with van der Waals surface area (Å²) in [5.74, 6) is 1.20. The lowest BCUT2D eigenvalue weighted by atomic mass is 10.2. The Morgan fingerprint density at radius 1 is 1.22 bits per heavy atom. The van der Waals surface area contributed by atoms with Crippen LogP contribution in [0.25, 0.3) is 10.9 Å². The van der Waals surface area contributed by atoms with Crippen LogP contribution in [-0.2, 0) is 4.74 Å². The monoisotopic (exact) mass is 308 g/mol. The second kappa shape index (κ2) is 4.70. The van der Waals surface area contributed by atoms with Crippen molar-refractivity contribution in [3.05, 3.63) is 22.7 Å². The number of benzene rings is 1. The van der Waals surface area contributed by atoms with Crippen LogP contribution in [0.3, 0.4) is 0 Å². The highest BCUT2D eigenvalue weighted by Gasteiger charge is 2.16. The number of nitrogens with zero attached hydrogens (tertiary/aromatic N) is 3. The van der Waals surface area contributed by atoms with Gasteiger partial charge in [0.15, 0.2) is 0 Å². The summed E-state index contributed by atoms with van der Waals surface area (Å²) in [4.78, 5) is 10.8. The number of fused-ring (bicyclic) bond motifs is 1. The van der Waals surface area contributed by atoms with Crippen LogP contribution in [0.4, 0.5) is 11.8 Å². The highest BCUT2D eigenvalue weighted by atomic mass is 79.9. The Balaban J connectivity index is 2.16. The van der Waals surface area contributed by atoms with E-state index in [1.807, 2.05) is 18.2 Å². The Bertz CT molecular complexity index is 584. The van der Waals surface area contributed by atoms with Crippen molar-refractivity contribution in [3.63, 3.8) is 0 Å². The molecule has 1 aliphatic rings. The fourth-order valence-corrected chi connectivity index (χ4v) is 2.48. The first-order chi connectivity index (χ1) is 8.74. The van der Waals surface area contributed by atoms with Gasteiger partial charge in [0.1, 0.15) is 5.82 Å². The van der Waals surface area contributed by atoms with Gasteiger partial charge >= 0.3 is 0 Å². The molecule has 1 aliphatic heterocycles. The van der Waals surface area contributed by atoms with E-state index in [0.717, 1.165) is 47.5 Å². The summed E-state index contributed by atoms with van der Waals surface area (Å²) in [6.07, 6.45) is 0. The first-order valence-electron chi connectivity index (χ1n) is 5.79. The van der Waals surface area contributed by atoms with E-state index in [4.69, 9.17) is 10.5 Å². The number of rotatable bonds is 1. The summed E-state index contributed by atoms with van der Waals surface area (Å²) < 4.78 is 6.37. The molecule has 0 atom stereocenters. The molecule has 0 radical (unpaired) electrons. The van der Waals surface area contributed by atoms with E-state index in [9.17, 15) is 0 Å². The van der Waals surface area contributed by atoms with Crippen molar-refractivity contribution in [1.82, 2.24) is 9.97 Å². The number of hydrogen-bond donors (Lipinski definition) is 1. The van der Waals surface area contributed by atoms with Crippen LogP contribution in [0.1, 0.15) is 0 Å². The van der Waals surface area contributed by atoms with Gasteiger partial charge in [0.25, 0.3) is 0 Å². The van der Waals surface area contributed by atoms with Crippen LogP contribution in [0, 0.1) is 0 Å². The third-order valence-corrected chi connectivity index (χ3v) is 3.46. The minimum absolute atomic E-state index is 0.311. The maximum absolute atomic E-state index is 5.78. The number of anilines is 2. The number of nitrogen functional groups attached to an aromatic ring is 1. The maximum atomic E-state index is 5.78. The molecule has 1 fully saturated rings. The van der Waals surface area contributed by atoms with Crippen LogP contribution in [0.5, 0.6) is 0 Å². The maximum Gasteiger partial charge on any atom is 0.222 e. The van der Waals surface area contributed by atoms with E-state index in [1.165, 1.54) is 0 Å². The second-order valence-electron chi connectivity index (χ2n) is 4.17.